The number of aryl methyl sites for hydroxylation is 1. The van der Waals surface area contributed by atoms with Crippen LogP contribution in [-0.2, 0) is 27.0 Å². The molecule has 1 aromatic rings. The number of benzene rings is 1. The second-order valence-corrected chi connectivity index (χ2v) is 8.58. The van der Waals surface area contributed by atoms with E-state index in [1.165, 1.54) is 18.2 Å². The van der Waals surface area contributed by atoms with Crippen molar-refractivity contribution in [3.05, 3.63) is 34.9 Å². The van der Waals surface area contributed by atoms with Gasteiger partial charge in [-0.15, -0.1) is 0 Å². The molecule has 2 aliphatic rings. The molecule has 4 heteroatoms. The molecule has 4 unspecified atom stereocenters. The van der Waals surface area contributed by atoms with Gasteiger partial charge in [0.25, 0.3) is 0 Å². The molecule has 0 heterocycles. The van der Waals surface area contributed by atoms with Crippen LogP contribution in [0.3, 0.4) is 0 Å². The predicted molar refractivity (Wildman–Crippen MR) is 96.2 cm³/mol. The van der Waals surface area contributed by atoms with Gasteiger partial charge in [-0.25, -0.2) is 0 Å². The number of rotatable bonds is 3. The first-order valence-corrected chi connectivity index (χ1v) is 9.24. The van der Waals surface area contributed by atoms with Crippen LogP contribution >= 0.6 is 0 Å². The smallest absolute Gasteiger partial charge is 0.311 e. The van der Waals surface area contributed by atoms with E-state index in [0.717, 1.165) is 37.7 Å². The van der Waals surface area contributed by atoms with Gasteiger partial charge in [0, 0.05) is 0 Å². The topological polar surface area (TPSA) is 66.8 Å². The predicted octanol–water partition coefficient (Wildman–Crippen LogP) is 3.07. The minimum atomic E-state index is -1.22. The van der Waals surface area contributed by atoms with Gasteiger partial charge in [0.1, 0.15) is 5.60 Å². The SMILES string of the molecule is COC(=O)C1(C)CCCC2(C)c3ccc(C(C)(O)CO)cc3CCC12. The Morgan fingerprint density at radius 2 is 2.08 bits per heavy atom. The molecule has 3 rings (SSSR count). The Balaban J connectivity index is 2.05. The van der Waals surface area contributed by atoms with Crippen LogP contribution in [0.25, 0.3) is 0 Å². The van der Waals surface area contributed by atoms with E-state index in [1.807, 2.05) is 12.1 Å². The molecule has 2 N–H and O–H groups in total. The summed E-state index contributed by atoms with van der Waals surface area (Å²) in [6.07, 6.45) is 4.78. The van der Waals surface area contributed by atoms with E-state index in [2.05, 4.69) is 19.9 Å². The minimum Gasteiger partial charge on any atom is -0.469 e. The van der Waals surface area contributed by atoms with Gasteiger partial charge in [-0.2, -0.15) is 0 Å². The zero-order valence-electron chi connectivity index (χ0n) is 15.8. The molecule has 138 valence electrons. The lowest BCUT2D eigenvalue weighted by molar-refractivity contribution is -0.161. The van der Waals surface area contributed by atoms with E-state index >= 15 is 0 Å². The number of aliphatic hydroxyl groups excluding tert-OH is 1. The summed E-state index contributed by atoms with van der Waals surface area (Å²) in [5, 5.41) is 19.8. The summed E-state index contributed by atoms with van der Waals surface area (Å²) in [6.45, 7) is 5.68. The molecule has 1 saturated carbocycles. The molecule has 0 spiro atoms. The number of esters is 1. The van der Waals surface area contributed by atoms with Crippen molar-refractivity contribution in [2.45, 2.75) is 63.9 Å². The number of fused-ring (bicyclic) bond motifs is 3. The van der Waals surface area contributed by atoms with E-state index < -0.39 is 11.0 Å². The molecule has 4 atom stereocenters. The highest BCUT2D eigenvalue weighted by atomic mass is 16.5. The van der Waals surface area contributed by atoms with Crippen LogP contribution in [0.5, 0.6) is 0 Å². The van der Waals surface area contributed by atoms with Crippen LogP contribution in [-0.4, -0.2) is 29.9 Å². The highest BCUT2D eigenvalue weighted by Gasteiger charge is 2.55. The Labute approximate surface area is 150 Å². The summed E-state index contributed by atoms with van der Waals surface area (Å²) in [4.78, 5) is 12.5. The Kier molecular flexibility index (Phi) is 4.49. The molecule has 2 aliphatic carbocycles. The monoisotopic (exact) mass is 346 g/mol. The van der Waals surface area contributed by atoms with Crippen molar-refractivity contribution in [1.29, 1.82) is 0 Å². The normalized spacial score (nSPS) is 33.8. The van der Waals surface area contributed by atoms with Gasteiger partial charge in [-0.3, -0.25) is 4.79 Å². The first-order chi connectivity index (χ1) is 11.7. The van der Waals surface area contributed by atoms with Gasteiger partial charge in [-0.1, -0.05) is 31.5 Å². The fourth-order valence-corrected chi connectivity index (χ4v) is 5.40. The van der Waals surface area contributed by atoms with E-state index in [0.29, 0.717) is 0 Å². The number of hydrogen-bond acceptors (Lipinski definition) is 4. The molecule has 1 fully saturated rings. The van der Waals surface area contributed by atoms with Crippen LogP contribution in [0.1, 0.15) is 63.1 Å². The summed E-state index contributed by atoms with van der Waals surface area (Å²) in [5.41, 5.74) is 1.56. The second-order valence-electron chi connectivity index (χ2n) is 8.58. The Bertz CT molecular complexity index is 680. The highest BCUT2D eigenvalue weighted by molar-refractivity contribution is 5.77. The average Bonchev–Trinajstić information content (AvgIpc) is 2.60. The van der Waals surface area contributed by atoms with E-state index in [9.17, 15) is 15.0 Å². The summed E-state index contributed by atoms with van der Waals surface area (Å²) in [7, 11) is 1.49. The molecule has 0 bridgehead atoms. The summed E-state index contributed by atoms with van der Waals surface area (Å²) < 4.78 is 5.15. The van der Waals surface area contributed by atoms with E-state index in [4.69, 9.17) is 4.74 Å². The molecular weight excluding hydrogens is 316 g/mol. The molecule has 0 aliphatic heterocycles. The number of carbonyl (C=O) groups is 1. The molecule has 0 amide bonds. The van der Waals surface area contributed by atoms with E-state index in [1.54, 1.807) is 6.92 Å². The van der Waals surface area contributed by atoms with Crippen molar-refractivity contribution in [2.75, 3.05) is 13.7 Å². The number of ether oxygens (including phenoxy) is 1. The van der Waals surface area contributed by atoms with Gasteiger partial charge >= 0.3 is 5.97 Å². The maximum Gasteiger partial charge on any atom is 0.311 e. The number of carbonyl (C=O) groups excluding carboxylic acids is 1. The lowest BCUT2D eigenvalue weighted by Gasteiger charge is -2.54. The lowest BCUT2D eigenvalue weighted by Crippen LogP contribution is -2.52. The molecule has 0 saturated heterocycles. The number of methoxy groups -OCH3 is 1. The van der Waals surface area contributed by atoms with Crippen LogP contribution in [0.2, 0.25) is 0 Å². The zero-order chi connectivity index (χ0) is 18.5. The van der Waals surface area contributed by atoms with Crippen LogP contribution in [0.4, 0.5) is 0 Å². The maximum atomic E-state index is 12.5. The molecule has 1 aromatic carbocycles. The summed E-state index contributed by atoms with van der Waals surface area (Å²) in [5.74, 6) is 0.171. The van der Waals surface area contributed by atoms with Crippen LogP contribution in [0.15, 0.2) is 18.2 Å². The third kappa shape index (κ3) is 2.70. The lowest BCUT2D eigenvalue weighted by atomic mass is 9.49. The fraction of sp³-hybridized carbons (Fsp3) is 0.667. The highest BCUT2D eigenvalue weighted by Crippen LogP contribution is 2.57. The van der Waals surface area contributed by atoms with Crippen LogP contribution < -0.4 is 0 Å². The molecular formula is C21H30O4. The Morgan fingerprint density at radius 3 is 2.72 bits per heavy atom. The third-order valence-electron chi connectivity index (χ3n) is 6.93. The van der Waals surface area contributed by atoms with E-state index in [-0.39, 0.29) is 23.9 Å². The van der Waals surface area contributed by atoms with Crippen LogP contribution in [0, 0.1) is 11.3 Å². The largest absolute Gasteiger partial charge is 0.469 e. The van der Waals surface area contributed by atoms with Gasteiger partial charge in [0.05, 0.1) is 19.1 Å². The number of aliphatic hydroxyl groups is 2. The standard InChI is InChI=1S/C21H30O4/c1-19-10-5-11-20(2,18(23)25-4)17(19)9-6-14-12-15(7-8-16(14)19)21(3,24)13-22/h7-8,12,17,22,24H,5-6,9-11,13H2,1-4H3. The zero-order valence-corrected chi connectivity index (χ0v) is 15.8. The van der Waals surface area contributed by atoms with Crippen molar-refractivity contribution in [1.82, 2.24) is 0 Å². The second kappa shape index (κ2) is 6.10. The van der Waals surface area contributed by atoms with Gasteiger partial charge in [0.2, 0.25) is 0 Å². The first kappa shape index (κ1) is 18.4. The van der Waals surface area contributed by atoms with Crippen molar-refractivity contribution in [3.63, 3.8) is 0 Å². The Hall–Kier alpha value is -1.39. The summed E-state index contributed by atoms with van der Waals surface area (Å²) >= 11 is 0. The third-order valence-corrected chi connectivity index (χ3v) is 6.93. The van der Waals surface area contributed by atoms with Crippen molar-refractivity contribution < 1.29 is 19.7 Å². The van der Waals surface area contributed by atoms with Crippen molar-refractivity contribution in [2.24, 2.45) is 11.3 Å². The van der Waals surface area contributed by atoms with Gasteiger partial charge < -0.3 is 14.9 Å². The fourth-order valence-electron chi connectivity index (χ4n) is 5.40. The van der Waals surface area contributed by atoms with Gasteiger partial charge in [-0.05, 0) is 67.6 Å². The molecule has 0 aromatic heterocycles. The Morgan fingerprint density at radius 1 is 1.36 bits per heavy atom. The van der Waals surface area contributed by atoms with Crippen molar-refractivity contribution in [3.8, 4) is 0 Å². The number of hydrogen-bond donors (Lipinski definition) is 2. The van der Waals surface area contributed by atoms with Crippen molar-refractivity contribution >= 4 is 5.97 Å². The average molecular weight is 346 g/mol. The molecule has 4 nitrogen and oxygen atoms in total. The molecule has 0 radical (unpaired) electrons. The quantitative estimate of drug-likeness (QED) is 0.826. The maximum absolute atomic E-state index is 12.5. The van der Waals surface area contributed by atoms with Gasteiger partial charge in [0.15, 0.2) is 0 Å². The molecule has 25 heavy (non-hydrogen) atoms. The summed E-state index contributed by atoms with van der Waals surface area (Å²) in [6, 6.07) is 6.06. The first-order valence-electron chi connectivity index (χ1n) is 9.24. The minimum absolute atomic E-state index is 0.0572.